The Kier molecular flexibility index (Phi) is 17.1. The Morgan fingerprint density at radius 1 is 0.945 bits per heavy atom. The molecule has 21 heteroatoms. The molecule has 1 aliphatic heterocycles. The molecule has 4 aromatic rings. The van der Waals surface area contributed by atoms with E-state index < -0.39 is 79.9 Å². The zero-order valence-corrected chi connectivity index (χ0v) is 45.5. The number of halogens is 2. The van der Waals surface area contributed by atoms with Crippen molar-refractivity contribution in [3.8, 4) is 29.0 Å². The number of esters is 1. The van der Waals surface area contributed by atoms with E-state index in [1.807, 2.05) is 32.4 Å². The minimum atomic E-state index is -4.46. The number of hydrogen-bond acceptors (Lipinski definition) is 15. The van der Waals surface area contributed by atoms with Crippen molar-refractivity contribution >= 4 is 78.9 Å². The van der Waals surface area contributed by atoms with E-state index in [-0.39, 0.29) is 48.6 Å². The summed E-state index contributed by atoms with van der Waals surface area (Å²) >= 11 is 12.8. The molecule has 1 saturated heterocycles. The quantitative estimate of drug-likeness (QED) is 0.0661. The largest absolute Gasteiger partial charge is 0.495 e. The second kappa shape index (κ2) is 22.1. The summed E-state index contributed by atoms with van der Waals surface area (Å²) < 4.78 is 66.6. The molecule has 3 fully saturated rings. The van der Waals surface area contributed by atoms with Crippen LogP contribution in [0.5, 0.6) is 29.0 Å². The van der Waals surface area contributed by atoms with Gasteiger partial charge < -0.3 is 38.3 Å². The highest BCUT2D eigenvalue weighted by Crippen LogP contribution is 2.57. The van der Waals surface area contributed by atoms with E-state index in [2.05, 4.69) is 16.5 Å². The molecule has 7 rings (SSSR count). The average Bonchev–Trinajstić information content (AvgIpc) is 4.16. The minimum Gasteiger partial charge on any atom is -0.495 e. The third kappa shape index (κ3) is 13.4. The number of nitrogens with one attached hydrogen (secondary N) is 2. The summed E-state index contributed by atoms with van der Waals surface area (Å²) in [5.41, 5.74) is -3.06. The fourth-order valence-electron chi connectivity index (χ4n) is 8.80. The molecule has 2 N–H and O–H groups in total. The topological polar surface area (TPSA) is 228 Å². The highest BCUT2D eigenvalue weighted by molar-refractivity contribution is 7.85. The van der Waals surface area contributed by atoms with Gasteiger partial charge in [0.25, 0.3) is 0 Å². The Morgan fingerprint density at radius 2 is 1.58 bits per heavy atom. The van der Waals surface area contributed by atoms with Gasteiger partial charge in [0.15, 0.2) is 17.1 Å². The zero-order valence-electron chi connectivity index (χ0n) is 43.2. The Morgan fingerprint density at radius 3 is 2.14 bits per heavy atom. The number of likely N-dealkylation sites (tertiary alicyclic amines) is 1. The number of hydrogen-bond donors (Lipinski definition) is 2. The summed E-state index contributed by atoms with van der Waals surface area (Å²) in [7, 11) is -1.45. The van der Waals surface area contributed by atoms with Crippen LogP contribution in [0.1, 0.15) is 101 Å². The van der Waals surface area contributed by atoms with Crippen molar-refractivity contribution < 1.29 is 60.2 Å². The van der Waals surface area contributed by atoms with Crippen molar-refractivity contribution in [1.82, 2.24) is 19.6 Å². The lowest BCUT2D eigenvalue weighted by Gasteiger charge is -2.35. The number of pyridine rings is 2. The van der Waals surface area contributed by atoms with Crippen molar-refractivity contribution in [1.29, 1.82) is 0 Å². The number of amides is 2. The van der Waals surface area contributed by atoms with Gasteiger partial charge >= 0.3 is 16.3 Å². The molecule has 2 saturated carbocycles. The molecule has 73 heavy (non-hydrogen) atoms. The van der Waals surface area contributed by atoms with Crippen LogP contribution in [0.3, 0.4) is 0 Å². The standard InChI is InChI=1S/C40H54ClN3O11S.C12H12ClNO3/c1-11-23-20-40(23,36(48)43-56(49,50)55-39(9)15-16-39)21-28(45)27-17-24(22-44(27)35(47)26(37(3,4)5)18-32(46)54-38(6,7)8)53-30-19-31(52-12-2)42-34-25(30)13-14-29(51-10)33(34)41;1-3-17-10-6-8(15)7-4-5-9(16-2)11(13)12(7)14-10/h11,13-14,19,23-24,26-27H,1,12,15-18,20-22H2,2-10H3,(H,43,48);4-6H,3H2,1-2H3,(H,14,15)/t23-,24-,26-,27+,40-;/m1./s1. The van der Waals surface area contributed by atoms with Gasteiger partial charge in [0.2, 0.25) is 17.7 Å². The molecule has 0 bridgehead atoms. The maximum Gasteiger partial charge on any atom is 0.362 e. The van der Waals surface area contributed by atoms with Crippen LogP contribution in [0, 0.1) is 22.7 Å². The fourth-order valence-corrected chi connectivity index (χ4v) is 10.5. The van der Waals surface area contributed by atoms with Gasteiger partial charge in [0.1, 0.15) is 44.5 Å². The Bertz CT molecular complexity index is 2950. The zero-order chi connectivity index (χ0) is 54.0. The number of allylic oxidation sites excluding steroid dienone is 1. The van der Waals surface area contributed by atoms with Gasteiger partial charge in [0.05, 0.1) is 68.9 Å². The van der Waals surface area contributed by atoms with Crippen LogP contribution in [0.25, 0.3) is 21.8 Å². The average molecular weight is 1070 g/mol. The summed E-state index contributed by atoms with van der Waals surface area (Å²) in [5.74, 6) is -1.86. The normalized spacial score (nSPS) is 20.5. The van der Waals surface area contributed by atoms with Gasteiger partial charge in [0, 0.05) is 35.7 Å². The molecule has 3 aliphatic rings. The summed E-state index contributed by atoms with van der Waals surface area (Å²) in [6.07, 6.45) is 1.43. The van der Waals surface area contributed by atoms with Gasteiger partial charge in [-0.3, -0.25) is 24.0 Å². The molecule has 0 spiro atoms. The summed E-state index contributed by atoms with van der Waals surface area (Å²) in [6, 6.07) is 8.69. The third-order valence-electron chi connectivity index (χ3n) is 12.9. The molecule has 2 aliphatic carbocycles. The molecule has 0 radical (unpaired) electrons. The number of fused-ring (bicyclic) bond motifs is 2. The molecule has 5 atom stereocenters. The van der Waals surface area contributed by atoms with Crippen LogP contribution in [0.2, 0.25) is 10.0 Å². The molecule has 398 valence electrons. The first-order valence-corrected chi connectivity index (χ1v) is 26.2. The molecule has 2 amide bonds. The number of aromatic nitrogens is 2. The summed E-state index contributed by atoms with van der Waals surface area (Å²) in [5, 5.41) is 1.67. The van der Waals surface area contributed by atoms with Crippen LogP contribution in [0.15, 0.2) is 53.8 Å². The number of aromatic amines is 1. The maximum atomic E-state index is 14.7. The molecular weight excluding hydrogens is 1010 g/mol. The van der Waals surface area contributed by atoms with Crippen molar-refractivity contribution in [3.05, 3.63) is 69.3 Å². The lowest BCUT2D eigenvalue weighted by Crippen LogP contribution is -2.49. The highest BCUT2D eigenvalue weighted by atomic mass is 35.5. The van der Waals surface area contributed by atoms with Crippen LogP contribution in [-0.2, 0) is 38.4 Å². The molecule has 18 nitrogen and oxygen atoms in total. The number of carbonyl (C=O) groups is 4. The smallest absolute Gasteiger partial charge is 0.362 e. The third-order valence-corrected chi connectivity index (χ3v) is 14.7. The minimum absolute atomic E-state index is 0.0295. The van der Waals surface area contributed by atoms with E-state index in [0.717, 1.165) is 0 Å². The highest BCUT2D eigenvalue weighted by Gasteiger charge is 2.61. The Balaban J connectivity index is 0.000000429. The Labute approximate surface area is 435 Å². The van der Waals surface area contributed by atoms with E-state index in [0.29, 0.717) is 76.0 Å². The maximum absolute atomic E-state index is 14.7. The summed E-state index contributed by atoms with van der Waals surface area (Å²) in [6.45, 7) is 20.5. The first-order valence-electron chi connectivity index (χ1n) is 24.1. The number of benzene rings is 2. The van der Waals surface area contributed by atoms with Gasteiger partial charge in [-0.05, 0) is 96.4 Å². The number of nitrogens with zero attached hydrogens (tertiary/aromatic N) is 2. The number of ketones is 1. The Hall–Kier alpha value is -5.63. The van der Waals surface area contributed by atoms with E-state index in [1.165, 1.54) is 31.3 Å². The number of ether oxygens (including phenoxy) is 6. The first-order chi connectivity index (χ1) is 34.1. The number of H-pyrrole nitrogens is 1. The summed E-state index contributed by atoms with van der Waals surface area (Å²) in [4.78, 5) is 76.8. The van der Waals surface area contributed by atoms with Gasteiger partial charge in [-0.2, -0.15) is 8.42 Å². The van der Waals surface area contributed by atoms with Crippen LogP contribution >= 0.6 is 23.2 Å². The number of rotatable bonds is 19. The molecule has 3 heterocycles. The van der Waals surface area contributed by atoms with Crippen molar-refractivity contribution in [2.75, 3.05) is 34.0 Å². The van der Waals surface area contributed by atoms with Gasteiger partial charge in [-0.25, -0.2) is 13.9 Å². The second-order valence-corrected chi connectivity index (χ2v) is 22.8. The SMILES string of the molecule is C=C[C@@H]1C[C@]1(CC(=O)[C@@H]1C[C@@H](Oc2cc(OCC)nc3c(Cl)c(OC)ccc23)CN1C(=O)[C@@H](CC(=O)OC(C)(C)C)C(C)(C)C)C(=O)NS(=O)(=O)OC1(C)CC1.CCOc1cc(=O)c2ccc(OC)c(Cl)c2[nH]1. The monoisotopic (exact) mass is 1070 g/mol. The van der Waals surface area contributed by atoms with Crippen molar-refractivity contribution in [2.24, 2.45) is 22.7 Å². The van der Waals surface area contributed by atoms with E-state index in [1.54, 1.807) is 65.0 Å². The van der Waals surface area contributed by atoms with Crippen molar-refractivity contribution in [2.45, 2.75) is 124 Å². The fraction of sp³-hybridized carbons (Fsp3) is 0.538. The predicted molar refractivity (Wildman–Crippen MR) is 276 cm³/mol. The van der Waals surface area contributed by atoms with Crippen LogP contribution in [-0.4, -0.2) is 104 Å². The molecule has 2 aromatic heterocycles. The lowest BCUT2D eigenvalue weighted by molar-refractivity contribution is -0.161. The van der Waals surface area contributed by atoms with Crippen molar-refractivity contribution in [3.63, 3.8) is 0 Å². The lowest BCUT2D eigenvalue weighted by atomic mass is 9.77. The molecule has 2 aromatic carbocycles. The number of methoxy groups -OCH3 is 2. The predicted octanol–water partition coefficient (Wildman–Crippen LogP) is 8.71. The van der Waals surface area contributed by atoms with E-state index >= 15 is 0 Å². The first kappa shape index (κ1) is 56.7. The van der Waals surface area contributed by atoms with Crippen LogP contribution in [0.4, 0.5) is 0 Å². The molecular formula is C52H66Cl2N4O14S. The van der Waals surface area contributed by atoms with E-state index in [9.17, 15) is 32.4 Å². The molecule has 0 unspecified atom stereocenters. The number of Topliss-reactive ketones (excluding diaryl/α,β-unsaturated/α-hetero) is 1. The van der Waals surface area contributed by atoms with E-state index in [4.69, 9.17) is 55.8 Å². The van der Waals surface area contributed by atoms with Gasteiger partial charge in [-0.1, -0.05) is 50.0 Å². The van der Waals surface area contributed by atoms with Crippen LogP contribution < -0.4 is 33.8 Å². The van der Waals surface area contributed by atoms with Gasteiger partial charge in [-0.15, -0.1) is 6.58 Å². The second-order valence-electron chi connectivity index (χ2n) is 20.8. The number of carbonyl (C=O) groups excluding carboxylic acids is 4.